The Bertz CT molecular complexity index is 1510. The van der Waals surface area contributed by atoms with Crippen molar-refractivity contribution in [2.75, 3.05) is 26.4 Å². The van der Waals surface area contributed by atoms with E-state index in [0.29, 0.717) is 12.8 Å². The maximum Gasteiger partial charge on any atom is 0.306 e. The van der Waals surface area contributed by atoms with Crippen LogP contribution >= 0.6 is 0 Å². The number of carbonyl (C=O) groups excluding carboxylic acids is 2. The summed E-state index contributed by atoms with van der Waals surface area (Å²) in [5, 5.41) is 72.2. The zero-order valence-electron chi connectivity index (χ0n) is 43.2. The highest BCUT2D eigenvalue weighted by atomic mass is 16.7. The molecule has 11 atom stereocenters. The molecule has 0 aliphatic carbocycles. The molecule has 2 saturated heterocycles. The number of aliphatic hydroxyl groups is 7. The second kappa shape index (κ2) is 42.3. The Morgan fingerprint density at radius 2 is 0.887 bits per heavy atom. The normalized spacial score (nSPS) is 25.8. The fourth-order valence-electron chi connectivity index (χ4n) is 7.99. The van der Waals surface area contributed by atoms with Crippen LogP contribution in [0.2, 0.25) is 0 Å². The molecule has 0 aromatic carbocycles. The Morgan fingerprint density at radius 1 is 0.465 bits per heavy atom. The third-order valence-electron chi connectivity index (χ3n) is 12.4. The first kappa shape index (κ1) is 64.1. The number of rotatable bonds is 41. The molecule has 71 heavy (non-hydrogen) atoms. The molecule has 408 valence electrons. The largest absolute Gasteiger partial charge is 0.462 e. The minimum absolute atomic E-state index is 0.149. The van der Waals surface area contributed by atoms with Gasteiger partial charge in [0.15, 0.2) is 18.7 Å². The molecule has 11 unspecified atom stereocenters. The van der Waals surface area contributed by atoms with E-state index in [1.807, 2.05) is 0 Å². The van der Waals surface area contributed by atoms with Crippen LogP contribution in [-0.2, 0) is 38.0 Å². The van der Waals surface area contributed by atoms with Gasteiger partial charge in [0, 0.05) is 12.8 Å². The van der Waals surface area contributed by atoms with Crippen molar-refractivity contribution in [2.45, 2.75) is 242 Å². The van der Waals surface area contributed by atoms with E-state index in [4.69, 9.17) is 28.4 Å². The smallest absolute Gasteiger partial charge is 0.306 e. The van der Waals surface area contributed by atoms with Crippen LogP contribution in [0.15, 0.2) is 72.9 Å². The number of ether oxygens (including phenoxy) is 6. The summed E-state index contributed by atoms with van der Waals surface area (Å²) < 4.78 is 33.6. The predicted molar refractivity (Wildman–Crippen MR) is 275 cm³/mol. The van der Waals surface area contributed by atoms with E-state index in [-0.39, 0.29) is 19.4 Å². The van der Waals surface area contributed by atoms with Gasteiger partial charge in [-0.3, -0.25) is 9.59 Å². The van der Waals surface area contributed by atoms with Crippen LogP contribution in [0.4, 0.5) is 0 Å². The van der Waals surface area contributed by atoms with E-state index in [9.17, 15) is 45.3 Å². The molecular weight excluding hydrogens is 913 g/mol. The minimum Gasteiger partial charge on any atom is -0.462 e. The number of allylic oxidation sites excluding steroid dienone is 12. The minimum atomic E-state index is -1.77. The van der Waals surface area contributed by atoms with Crippen molar-refractivity contribution in [2.24, 2.45) is 0 Å². The van der Waals surface area contributed by atoms with Crippen LogP contribution in [0.1, 0.15) is 174 Å². The van der Waals surface area contributed by atoms with Crippen LogP contribution in [0.5, 0.6) is 0 Å². The molecule has 0 aromatic rings. The molecule has 0 spiro atoms. The average Bonchev–Trinajstić information content (AvgIpc) is 3.36. The van der Waals surface area contributed by atoms with Gasteiger partial charge in [-0.05, 0) is 77.0 Å². The van der Waals surface area contributed by atoms with Crippen molar-refractivity contribution < 1.29 is 73.8 Å². The van der Waals surface area contributed by atoms with Gasteiger partial charge >= 0.3 is 11.9 Å². The molecule has 0 radical (unpaired) electrons. The first-order chi connectivity index (χ1) is 34.5. The summed E-state index contributed by atoms with van der Waals surface area (Å²) in [6.07, 6.45) is 33.5. The number of carbonyl (C=O) groups is 2. The van der Waals surface area contributed by atoms with Crippen LogP contribution in [0.25, 0.3) is 0 Å². The van der Waals surface area contributed by atoms with Crippen molar-refractivity contribution in [3.63, 3.8) is 0 Å². The SMILES string of the molecule is CC/C=C\C/C=C\C/C=C\C/C=C\CCCCCCCCCCC(=O)OC(COC(=O)CCCCCCC/C=C\C/C=C\CCCC)COC1OC(COC2OC(CO)C(O)C(O)C2O)C(O)C(O)C1O. The Labute approximate surface area is 425 Å². The summed E-state index contributed by atoms with van der Waals surface area (Å²) in [6, 6.07) is 0. The molecule has 2 heterocycles. The van der Waals surface area contributed by atoms with Gasteiger partial charge < -0.3 is 64.2 Å². The maximum atomic E-state index is 13.0. The van der Waals surface area contributed by atoms with E-state index in [1.165, 1.54) is 32.1 Å². The summed E-state index contributed by atoms with van der Waals surface area (Å²) in [7, 11) is 0. The fraction of sp³-hybridized carbons (Fsp3) is 0.750. The molecule has 15 nitrogen and oxygen atoms in total. The lowest BCUT2D eigenvalue weighted by Crippen LogP contribution is -2.61. The van der Waals surface area contributed by atoms with Gasteiger partial charge in [0.1, 0.15) is 55.4 Å². The summed E-state index contributed by atoms with van der Waals surface area (Å²) in [6.45, 7) is 2.41. The Kier molecular flexibility index (Phi) is 38.2. The summed E-state index contributed by atoms with van der Waals surface area (Å²) in [5.41, 5.74) is 0. The van der Waals surface area contributed by atoms with Crippen molar-refractivity contribution in [1.82, 2.24) is 0 Å². The van der Waals surface area contributed by atoms with Gasteiger partial charge in [-0.15, -0.1) is 0 Å². The second-order valence-corrected chi connectivity index (χ2v) is 18.7. The highest BCUT2D eigenvalue weighted by molar-refractivity contribution is 5.70. The molecule has 2 aliphatic rings. The van der Waals surface area contributed by atoms with Gasteiger partial charge in [0.25, 0.3) is 0 Å². The Hall–Kier alpha value is -3.06. The van der Waals surface area contributed by atoms with Crippen LogP contribution in [0.3, 0.4) is 0 Å². The fourth-order valence-corrected chi connectivity index (χ4v) is 7.99. The number of unbranched alkanes of at least 4 members (excludes halogenated alkanes) is 15. The highest BCUT2D eigenvalue weighted by Gasteiger charge is 2.47. The van der Waals surface area contributed by atoms with Crippen molar-refractivity contribution in [1.29, 1.82) is 0 Å². The lowest BCUT2D eigenvalue weighted by atomic mass is 9.98. The third-order valence-corrected chi connectivity index (χ3v) is 12.4. The van der Waals surface area contributed by atoms with Crippen LogP contribution < -0.4 is 0 Å². The molecule has 15 heteroatoms. The maximum absolute atomic E-state index is 13.0. The van der Waals surface area contributed by atoms with E-state index < -0.39 is 99.3 Å². The number of aliphatic hydroxyl groups excluding tert-OH is 7. The zero-order valence-corrected chi connectivity index (χ0v) is 43.2. The predicted octanol–water partition coefficient (Wildman–Crippen LogP) is 8.21. The Morgan fingerprint density at radius 3 is 1.39 bits per heavy atom. The molecule has 2 aliphatic heterocycles. The summed E-state index contributed by atoms with van der Waals surface area (Å²) in [5.74, 6) is -0.955. The summed E-state index contributed by atoms with van der Waals surface area (Å²) in [4.78, 5) is 25.8. The monoisotopic (exact) mass is 1010 g/mol. The average molecular weight is 1010 g/mol. The van der Waals surface area contributed by atoms with Gasteiger partial charge in [-0.2, -0.15) is 0 Å². The molecule has 2 rings (SSSR count). The standard InChI is InChI=1S/C56H94O15/c1-3-5-7-9-11-13-15-17-19-20-21-22-23-24-25-27-29-31-33-35-37-39-48(59)69-44(41-66-47(58)38-36-34-32-30-28-26-18-16-14-12-10-8-6-4-2)42-67-55-54(65)52(63)50(61)46(71-55)43-68-56-53(64)51(62)49(60)45(40-57)70-56/h5,7,10-13,16-19,21-22,44-46,49-57,60-65H,3-4,6,8-9,14-15,20,23-43H2,1-2H3/b7-5-,12-10-,13-11-,18-16-,19-17-,22-21-. The van der Waals surface area contributed by atoms with E-state index in [2.05, 4.69) is 86.8 Å². The molecule has 7 N–H and O–H groups in total. The highest BCUT2D eigenvalue weighted by Crippen LogP contribution is 2.26. The van der Waals surface area contributed by atoms with E-state index >= 15 is 0 Å². The molecule has 2 fully saturated rings. The van der Waals surface area contributed by atoms with Gasteiger partial charge in [-0.25, -0.2) is 0 Å². The second-order valence-electron chi connectivity index (χ2n) is 18.7. The number of hydrogen-bond acceptors (Lipinski definition) is 15. The van der Waals surface area contributed by atoms with Crippen LogP contribution in [0, 0.1) is 0 Å². The van der Waals surface area contributed by atoms with Crippen molar-refractivity contribution in [3.05, 3.63) is 72.9 Å². The number of esters is 2. The number of hydrogen-bond donors (Lipinski definition) is 7. The van der Waals surface area contributed by atoms with Gasteiger partial charge in [0.2, 0.25) is 0 Å². The molecule has 0 aromatic heterocycles. The van der Waals surface area contributed by atoms with Gasteiger partial charge in [0.05, 0.1) is 19.8 Å². The van der Waals surface area contributed by atoms with Crippen LogP contribution in [-0.4, -0.2) is 142 Å². The summed E-state index contributed by atoms with van der Waals surface area (Å²) >= 11 is 0. The van der Waals surface area contributed by atoms with E-state index in [1.54, 1.807) is 0 Å². The Balaban J connectivity index is 1.79. The first-order valence-electron chi connectivity index (χ1n) is 27.0. The lowest BCUT2D eigenvalue weighted by molar-refractivity contribution is -0.332. The third kappa shape index (κ3) is 30.0. The lowest BCUT2D eigenvalue weighted by Gasteiger charge is -2.42. The zero-order chi connectivity index (χ0) is 51.7. The molecule has 0 saturated carbocycles. The van der Waals surface area contributed by atoms with Crippen molar-refractivity contribution >= 4 is 11.9 Å². The van der Waals surface area contributed by atoms with Crippen molar-refractivity contribution in [3.8, 4) is 0 Å². The first-order valence-corrected chi connectivity index (χ1v) is 27.0. The van der Waals surface area contributed by atoms with Gasteiger partial charge in [-0.1, -0.05) is 157 Å². The quantitative estimate of drug-likeness (QED) is 0.0174. The molecule has 0 bridgehead atoms. The molecule has 0 amide bonds. The molecular formula is C56H94O15. The topological polar surface area (TPSA) is 231 Å². The van der Waals surface area contributed by atoms with E-state index in [0.717, 1.165) is 103 Å².